The second-order valence-electron chi connectivity index (χ2n) is 5.84. The molecule has 0 aromatic heterocycles. The second-order valence-corrected chi connectivity index (χ2v) is 5.84. The maximum Gasteiger partial charge on any atom is 0.339 e. The highest BCUT2D eigenvalue weighted by atomic mass is 16.5. The third-order valence-corrected chi connectivity index (χ3v) is 2.87. The van der Waals surface area contributed by atoms with Crippen LogP contribution in [0.3, 0.4) is 0 Å². The van der Waals surface area contributed by atoms with E-state index in [1.807, 2.05) is 13.8 Å². The van der Waals surface area contributed by atoms with E-state index in [1.165, 1.54) is 12.1 Å². The summed E-state index contributed by atoms with van der Waals surface area (Å²) in [5.74, 6) is 1.81. The molecule has 1 N–H and O–H groups in total. The zero-order valence-corrected chi connectivity index (χ0v) is 14.3. The summed E-state index contributed by atoms with van der Waals surface area (Å²) in [4.78, 5) is 22.7. The van der Waals surface area contributed by atoms with Gasteiger partial charge in [-0.25, -0.2) is 9.59 Å². The quantitative estimate of drug-likeness (QED) is 0.484. The predicted molar refractivity (Wildman–Crippen MR) is 91.4 cm³/mol. The van der Waals surface area contributed by atoms with Gasteiger partial charge in [0.25, 0.3) is 0 Å². The fraction of sp³-hybridized carbons (Fsp3) is 0.474. The van der Waals surface area contributed by atoms with Gasteiger partial charge >= 0.3 is 11.9 Å². The van der Waals surface area contributed by atoms with Crippen LogP contribution in [-0.2, 0) is 4.74 Å². The van der Waals surface area contributed by atoms with Gasteiger partial charge in [0, 0.05) is 5.92 Å². The monoisotopic (exact) mass is 318 g/mol. The normalized spacial score (nSPS) is 9.78. The first-order chi connectivity index (χ1) is 10.8. The topological polar surface area (TPSA) is 63.6 Å². The summed E-state index contributed by atoms with van der Waals surface area (Å²) in [5.41, 5.74) is 0.0842. The summed E-state index contributed by atoms with van der Waals surface area (Å²) in [7, 11) is 0. The molecule has 1 aromatic rings. The number of ether oxygens (including phenoxy) is 1. The number of carboxylic acid groups (broad SMARTS) is 1. The summed E-state index contributed by atoms with van der Waals surface area (Å²) in [6.07, 6.45) is 6.69. The van der Waals surface area contributed by atoms with Crippen LogP contribution in [0.15, 0.2) is 24.3 Å². The van der Waals surface area contributed by atoms with Gasteiger partial charge in [-0.15, -0.1) is 12.3 Å². The predicted octanol–water partition coefficient (Wildman–Crippen LogP) is 4.25. The minimum atomic E-state index is -1.12. The molecule has 1 aromatic carbocycles. The molecule has 0 fully saturated rings. The van der Waals surface area contributed by atoms with Crippen molar-refractivity contribution in [3.63, 3.8) is 0 Å². The van der Waals surface area contributed by atoms with Gasteiger partial charge in [-0.3, -0.25) is 0 Å². The Balaban J connectivity index is 0.000000841. The van der Waals surface area contributed by atoms with Gasteiger partial charge in [0.15, 0.2) is 0 Å². The van der Waals surface area contributed by atoms with E-state index in [-0.39, 0.29) is 11.1 Å². The molecule has 0 saturated heterocycles. The van der Waals surface area contributed by atoms with Crippen molar-refractivity contribution >= 4 is 11.9 Å². The number of esters is 1. The Labute approximate surface area is 138 Å². The number of hydrogen-bond acceptors (Lipinski definition) is 3. The highest BCUT2D eigenvalue weighted by Crippen LogP contribution is 2.11. The molecule has 1 rings (SSSR count). The van der Waals surface area contributed by atoms with Crippen molar-refractivity contribution in [2.75, 3.05) is 6.61 Å². The maximum absolute atomic E-state index is 11.7. The lowest BCUT2D eigenvalue weighted by atomic mass is 10.1. The molecule has 4 nitrogen and oxygen atoms in total. The third kappa shape index (κ3) is 9.36. The second kappa shape index (κ2) is 11.3. The highest BCUT2D eigenvalue weighted by molar-refractivity contribution is 6.02. The number of carboxylic acids is 1. The number of hydrogen-bond donors (Lipinski definition) is 1. The van der Waals surface area contributed by atoms with Crippen LogP contribution in [0, 0.1) is 24.2 Å². The van der Waals surface area contributed by atoms with E-state index in [4.69, 9.17) is 16.3 Å². The maximum atomic E-state index is 11.7. The summed E-state index contributed by atoms with van der Waals surface area (Å²) in [5, 5.41) is 8.95. The van der Waals surface area contributed by atoms with E-state index in [0.717, 1.165) is 12.8 Å². The number of carbonyl (C=O) groups is 2. The molecule has 0 aliphatic rings. The molecule has 0 saturated carbocycles. The highest BCUT2D eigenvalue weighted by Gasteiger charge is 2.16. The Morgan fingerprint density at radius 3 is 2.13 bits per heavy atom. The van der Waals surface area contributed by atoms with Crippen LogP contribution >= 0.6 is 0 Å². The molecule has 0 heterocycles. The van der Waals surface area contributed by atoms with Gasteiger partial charge in [0.05, 0.1) is 17.7 Å². The summed E-state index contributed by atoms with van der Waals surface area (Å²) in [6.45, 7) is 8.49. The fourth-order valence-electron chi connectivity index (χ4n) is 1.58. The van der Waals surface area contributed by atoms with Gasteiger partial charge in [-0.05, 0) is 30.9 Å². The first-order valence-corrected chi connectivity index (χ1v) is 7.75. The number of carbonyl (C=O) groups excluding carboxylic acids is 1. The van der Waals surface area contributed by atoms with Gasteiger partial charge in [-0.2, -0.15) is 0 Å². The van der Waals surface area contributed by atoms with Crippen molar-refractivity contribution in [3.05, 3.63) is 35.4 Å². The Morgan fingerprint density at radius 1 is 1.17 bits per heavy atom. The number of benzene rings is 1. The first kappa shape index (κ1) is 20.7. The molecule has 126 valence electrons. The molecule has 0 radical (unpaired) electrons. The number of aromatic carboxylic acids is 1. The van der Waals surface area contributed by atoms with Crippen LogP contribution in [0.5, 0.6) is 0 Å². The van der Waals surface area contributed by atoms with E-state index in [9.17, 15) is 9.59 Å². The van der Waals surface area contributed by atoms with Crippen molar-refractivity contribution in [3.8, 4) is 12.3 Å². The number of terminal acetylenes is 1. The molecule has 0 aliphatic carbocycles. The smallest absolute Gasteiger partial charge is 0.339 e. The standard InChI is InChI=1S/C14H18O4.C5H8/c1-10(2)6-5-9-18-14(17)12-8-4-3-7-11(12)13(15)16;1-4-5(2)3/h3-4,7-8,10H,5-6,9H2,1-2H3,(H,15,16);1,5H,2-3H3. The van der Waals surface area contributed by atoms with Gasteiger partial charge in [0.1, 0.15) is 0 Å². The minimum Gasteiger partial charge on any atom is -0.478 e. The van der Waals surface area contributed by atoms with E-state index in [0.29, 0.717) is 18.4 Å². The van der Waals surface area contributed by atoms with Gasteiger partial charge in [0.2, 0.25) is 0 Å². The van der Waals surface area contributed by atoms with Crippen molar-refractivity contribution < 1.29 is 19.4 Å². The van der Waals surface area contributed by atoms with Crippen molar-refractivity contribution in [1.82, 2.24) is 0 Å². The molecular weight excluding hydrogens is 292 g/mol. The van der Waals surface area contributed by atoms with Crippen molar-refractivity contribution in [2.24, 2.45) is 11.8 Å². The lowest BCUT2D eigenvalue weighted by Crippen LogP contribution is -2.12. The van der Waals surface area contributed by atoms with Crippen molar-refractivity contribution in [2.45, 2.75) is 40.5 Å². The zero-order valence-electron chi connectivity index (χ0n) is 14.3. The molecule has 0 atom stereocenters. The SMILES string of the molecule is C#CC(C)C.CC(C)CCCOC(=O)c1ccccc1C(=O)O. The van der Waals surface area contributed by atoms with Gasteiger partial charge < -0.3 is 9.84 Å². The molecule has 4 heteroatoms. The molecule has 0 aliphatic heterocycles. The van der Waals surface area contributed by atoms with Gasteiger partial charge in [-0.1, -0.05) is 39.8 Å². The molecule has 0 spiro atoms. The Morgan fingerprint density at radius 2 is 1.70 bits per heavy atom. The number of rotatable bonds is 6. The fourth-order valence-corrected chi connectivity index (χ4v) is 1.58. The molecule has 23 heavy (non-hydrogen) atoms. The zero-order chi connectivity index (χ0) is 17.8. The molecule has 0 bridgehead atoms. The lowest BCUT2D eigenvalue weighted by Gasteiger charge is -2.08. The van der Waals surface area contributed by atoms with Crippen LogP contribution in [0.4, 0.5) is 0 Å². The molecular formula is C19H26O4. The average molecular weight is 318 g/mol. The van der Waals surface area contributed by atoms with E-state index in [2.05, 4.69) is 19.8 Å². The van der Waals surface area contributed by atoms with Crippen LogP contribution in [0.25, 0.3) is 0 Å². The Bertz CT molecular complexity index is 539. The van der Waals surface area contributed by atoms with Crippen LogP contribution in [0.1, 0.15) is 61.3 Å². The minimum absolute atomic E-state index is 0.0219. The van der Waals surface area contributed by atoms with Crippen LogP contribution in [0.2, 0.25) is 0 Å². The largest absolute Gasteiger partial charge is 0.478 e. The lowest BCUT2D eigenvalue weighted by molar-refractivity contribution is 0.0484. The molecule has 0 unspecified atom stereocenters. The van der Waals surface area contributed by atoms with Crippen LogP contribution < -0.4 is 0 Å². The van der Waals surface area contributed by atoms with E-state index < -0.39 is 11.9 Å². The summed E-state index contributed by atoms with van der Waals surface area (Å²) < 4.78 is 5.07. The third-order valence-electron chi connectivity index (χ3n) is 2.87. The Kier molecular flexibility index (Phi) is 10.2. The Hall–Kier alpha value is -2.28. The summed E-state index contributed by atoms with van der Waals surface area (Å²) >= 11 is 0. The van der Waals surface area contributed by atoms with E-state index in [1.54, 1.807) is 12.1 Å². The van der Waals surface area contributed by atoms with E-state index >= 15 is 0 Å². The van der Waals surface area contributed by atoms with Crippen molar-refractivity contribution in [1.29, 1.82) is 0 Å². The van der Waals surface area contributed by atoms with Crippen LogP contribution in [-0.4, -0.2) is 23.7 Å². The summed E-state index contributed by atoms with van der Waals surface area (Å²) in [6, 6.07) is 6.07. The first-order valence-electron chi connectivity index (χ1n) is 7.75. The molecule has 0 amide bonds. The average Bonchev–Trinajstić information content (AvgIpc) is 2.51.